The molecule has 0 unspecified atom stereocenters. The summed E-state index contributed by atoms with van der Waals surface area (Å²) in [6.45, 7) is 6.65. The molecule has 170 valence electrons. The van der Waals surface area contributed by atoms with Gasteiger partial charge < -0.3 is 10.2 Å². The lowest BCUT2D eigenvalue weighted by molar-refractivity contribution is -0.137. The van der Waals surface area contributed by atoms with Gasteiger partial charge in [-0.2, -0.15) is 5.10 Å². The van der Waals surface area contributed by atoms with Crippen molar-refractivity contribution < 1.29 is 9.59 Å². The van der Waals surface area contributed by atoms with Gasteiger partial charge in [0.2, 0.25) is 11.8 Å². The van der Waals surface area contributed by atoms with Crippen LogP contribution in [-0.2, 0) is 22.6 Å². The number of nitrogens with one attached hydrogen (secondary N) is 1. The molecular formula is C26H29N5O2. The average molecular weight is 444 g/mol. The van der Waals surface area contributed by atoms with Gasteiger partial charge in [-0.05, 0) is 43.5 Å². The van der Waals surface area contributed by atoms with Crippen LogP contribution in [0, 0.1) is 13.8 Å². The Kier molecular flexibility index (Phi) is 5.72. The molecule has 2 aliphatic heterocycles. The number of aryl methyl sites for hydroxylation is 1. The Morgan fingerprint density at radius 2 is 1.76 bits per heavy atom. The van der Waals surface area contributed by atoms with E-state index in [1.807, 2.05) is 70.8 Å². The average Bonchev–Trinajstić information content (AvgIpc) is 3.13. The number of para-hydroxylation sites is 1. The molecule has 7 nitrogen and oxygen atoms in total. The van der Waals surface area contributed by atoms with E-state index in [1.165, 1.54) is 11.1 Å². The predicted molar refractivity (Wildman–Crippen MR) is 126 cm³/mol. The van der Waals surface area contributed by atoms with Gasteiger partial charge in [0.1, 0.15) is 6.04 Å². The van der Waals surface area contributed by atoms with Crippen LogP contribution in [0.1, 0.15) is 34.1 Å². The molecule has 5 rings (SSSR count). The molecule has 1 fully saturated rings. The van der Waals surface area contributed by atoms with Gasteiger partial charge >= 0.3 is 0 Å². The van der Waals surface area contributed by atoms with Gasteiger partial charge in [-0.15, -0.1) is 0 Å². The summed E-state index contributed by atoms with van der Waals surface area (Å²) in [5.74, 6) is -0.00758. The third kappa shape index (κ3) is 4.04. The van der Waals surface area contributed by atoms with Crippen LogP contribution >= 0.6 is 0 Å². The van der Waals surface area contributed by atoms with Crippen LogP contribution in [0.15, 0.2) is 54.6 Å². The van der Waals surface area contributed by atoms with E-state index in [2.05, 4.69) is 17.4 Å². The summed E-state index contributed by atoms with van der Waals surface area (Å²) in [5, 5.41) is 7.72. The number of benzene rings is 2. The van der Waals surface area contributed by atoms with Gasteiger partial charge in [-0.3, -0.25) is 14.5 Å². The number of hydrogen-bond donors (Lipinski definition) is 1. The fraction of sp³-hybridized carbons (Fsp3) is 0.346. The van der Waals surface area contributed by atoms with Gasteiger partial charge in [-0.1, -0.05) is 42.5 Å². The van der Waals surface area contributed by atoms with E-state index in [-0.39, 0.29) is 18.4 Å². The maximum Gasteiger partial charge on any atom is 0.242 e. The number of hydrogen-bond acceptors (Lipinski definition) is 4. The quantitative estimate of drug-likeness (QED) is 0.673. The van der Waals surface area contributed by atoms with E-state index in [0.29, 0.717) is 26.2 Å². The maximum absolute atomic E-state index is 13.3. The minimum Gasteiger partial charge on any atom is -0.353 e. The summed E-state index contributed by atoms with van der Waals surface area (Å²) < 4.78 is 1.88. The Bertz CT molecular complexity index is 1190. The number of piperazine rings is 1. The first-order valence-electron chi connectivity index (χ1n) is 11.5. The van der Waals surface area contributed by atoms with Crippen LogP contribution in [0.3, 0.4) is 0 Å². The van der Waals surface area contributed by atoms with Crippen molar-refractivity contribution in [1.29, 1.82) is 0 Å². The van der Waals surface area contributed by atoms with E-state index in [4.69, 9.17) is 5.10 Å². The number of aromatic nitrogens is 2. The topological polar surface area (TPSA) is 70.5 Å². The smallest absolute Gasteiger partial charge is 0.242 e. The summed E-state index contributed by atoms with van der Waals surface area (Å²) in [6.07, 6.45) is 0.869. The second-order valence-electron chi connectivity index (χ2n) is 8.83. The number of nitrogens with zero attached hydrogens (tertiary/aromatic N) is 4. The van der Waals surface area contributed by atoms with Crippen LogP contribution in [0.2, 0.25) is 0 Å². The summed E-state index contributed by atoms with van der Waals surface area (Å²) in [6, 6.07) is 17.7. The molecule has 0 aliphatic carbocycles. The van der Waals surface area contributed by atoms with Gasteiger partial charge in [0.25, 0.3) is 0 Å². The largest absolute Gasteiger partial charge is 0.353 e. The van der Waals surface area contributed by atoms with Crippen LogP contribution < -0.4 is 5.32 Å². The second-order valence-corrected chi connectivity index (χ2v) is 8.83. The van der Waals surface area contributed by atoms with Gasteiger partial charge in [0.05, 0.1) is 17.9 Å². The van der Waals surface area contributed by atoms with Gasteiger partial charge in [0.15, 0.2) is 0 Å². The minimum absolute atomic E-state index is 0.0648. The molecule has 33 heavy (non-hydrogen) atoms. The zero-order valence-corrected chi connectivity index (χ0v) is 19.1. The normalized spacial score (nSPS) is 18.7. The summed E-state index contributed by atoms with van der Waals surface area (Å²) in [5.41, 5.74) is 6.09. The first-order chi connectivity index (χ1) is 16.0. The predicted octanol–water partition coefficient (Wildman–Crippen LogP) is 2.55. The second kappa shape index (κ2) is 8.83. The monoisotopic (exact) mass is 443 g/mol. The fourth-order valence-corrected chi connectivity index (χ4v) is 5.05. The standard InChI is InChI=1S/C26H29N5O2/c1-18-24(19(2)31(28-18)22-10-4-3-5-11-22)25-26(33)27-13-15-30(25)17-23(32)29-14-12-20-8-6-7-9-21(20)16-29/h3-11,25H,12-17H2,1-2H3,(H,27,33)/t25-/m1/s1. The molecule has 0 saturated carbocycles. The van der Waals surface area contributed by atoms with Crippen LogP contribution in [0.4, 0.5) is 0 Å². The number of fused-ring (bicyclic) bond motifs is 1. The molecule has 1 saturated heterocycles. The van der Waals surface area contributed by atoms with E-state index in [9.17, 15) is 9.59 Å². The van der Waals surface area contributed by atoms with Gasteiger partial charge in [0, 0.05) is 37.4 Å². The highest BCUT2D eigenvalue weighted by atomic mass is 16.2. The van der Waals surface area contributed by atoms with E-state index >= 15 is 0 Å². The Balaban J connectivity index is 1.40. The number of carbonyl (C=O) groups excluding carboxylic acids is 2. The SMILES string of the molecule is Cc1nn(-c2ccccc2)c(C)c1[C@@H]1C(=O)NCCN1CC(=O)N1CCc2ccccc2C1. The lowest BCUT2D eigenvalue weighted by Gasteiger charge is -2.37. The molecule has 0 bridgehead atoms. The number of carbonyl (C=O) groups is 2. The molecule has 3 heterocycles. The highest BCUT2D eigenvalue weighted by molar-refractivity contribution is 5.86. The van der Waals surface area contributed by atoms with E-state index < -0.39 is 6.04 Å². The minimum atomic E-state index is -0.530. The Hall–Kier alpha value is -3.45. The zero-order valence-electron chi connectivity index (χ0n) is 19.1. The summed E-state index contributed by atoms with van der Waals surface area (Å²) in [7, 11) is 0. The molecule has 0 spiro atoms. The molecule has 1 aromatic heterocycles. The van der Waals surface area contributed by atoms with Crippen molar-refractivity contribution in [1.82, 2.24) is 24.9 Å². The first-order valence-corrected chi connectivity index (χ1v) is 11.5. The molecule has 1 atom stereocenters. The maximum atomic E-state index is 13.3. The number of rotatable bonds is 4. The van der Waals surface area contributed by atoms with Crippen molar-refractivity contribution in [3.05, 3.63) is 82.7 Å². The molecular weight excluding hydrogens is 414 g/mol. The zero-order chi connectivity index (χ0) is 22.9. The highest BCUT2D eigenvalue weighted by Crippen LogP contribution is 2.30. The molecule has 0 radical (unpaired) electrons. The first kappa shape index (κ1) is 21.4. The van der Waals surface area contributed by atoms with Crippen LogP contribution in [0.5, 0.6) is 0 Å². The third-order valence-corrected chi connectivity index (χ3v) is 6.75. The summed E-state index contributed by atoms with van der Waals surface area (Å²) in [4.78, 5) is 30.3. The van der Waals surface area contributed by atoms with Crippen molar-refractivity contribution in [2.24, 2.45) is 0 Å². The molecule has 2 aliphatic rings. The van der Waals surface area contributed by atoms with Crippen LogP contribution in [0.25, 0.3) is 5.69 Å². The Labute approximate surface area is 194 Å². The molecule has 2 aromatic carbocycles. The van der Waals surface area contributed by atoms with Gasteiger partial charge in [-0.25, -0.2) is 4.68 Å². The third-order valence-electron chi connectivity index (χ3n) is 6.75. The molecule has 2 amide bonds. The lowest BCUT2D eigenvalue weighted by atomic mass is 9.99. The highest BCUT2D eigenvalue weighted by Gasteiger charge is 2.37. The molecule has 3 aromatic rings. The van der Waals surface area contributed by atoms with Crippen molar-refractivity contribution in [2.75, 3.05) is 26.2 Å². The summed E-state index contributed by atoms with van der Waals surface area (Å²) >= 11 is 0. The number of amides is 2. The Morgan fingerprint density at radius 1 is 1.03 bits per heavy atom. The molecule has 7 heteroatoms. The van der Waals surface area contributed by atoms with Crippen molar-refractivity contribution in [3.63, 3.8) is 0 Å². The Morgan fingerprint density at radius 3 is 2.55 bits per heavy atom. The molecule has 1 N–H and O–H groups in total. The van der Waals surface area contributed by atoms with Crippen molar-refractivity contribution >= 4 is 11.8 Å². The fourth-order valence-electron chi connectivity index (χ4n) is 5.05. The van der Waals surface area contributed by atoms with Crippen molar-refractivity contribution in [2.45, 2.75) is 32.9 Å². The lowest BCUT2D eigenvalue weighted by Crippen LogP contribution is -2.53. The van der Waals surface area contributed by atoms with Crippen molar-refractivity contribution in [3.8, 4) is 5.69 Å². The van der Waals surface area contributed by atoms with E-state index in [1.54, 1.807) is 0 Å². The van der Waals surface area contributed by atoms with E-state index in [0.717, 1.165) is 29.1 Å². The van der Waals surface area contributed by atoms with Crippen LogP contribution in [-0.4, -0.2) is 57.6 Å².